The molecule has 2 fully saturated rings. The number of carbonyl (C=O) groups is 1. The monoisotopic (exact) mass is 571 g/mol. The zero-order valence-corrected chi connectivity index (χ0v) is 25.4. The highest BCUT2D eigenvalue weighted by atomic mass is 32.2. The molecule has 9 heteroatoms. The van der Waals surface area contributed by atoms with Crippen molar-refractivity contribution in [2.24, 2.45) is 0 Å². The van der Waals surface area contributed by atoms with Crippen molar-refractivity contribution in [2.45, 2.75) is 81.4 Å². The molecule has 0 spiro atoms. The number of ether oxygens (including phenoxy) is 2. The van der Waals surface area contributed by atoms with E-state index in [-0.39, 0.29) is 36.7 Å². The molecule has 220 valence electrons. The third kappa shape index (κ3) is 7.05. The largest absolute Gasteiger partial charge is 0.497 e. The van der Waals surface area contributed by atoms with E-state index in [4.69, 9.17) is 9.47 Å². The van der Waals surface area contributed by atoms with E-state index in [1.165, 1.54) is 9.87 Å². The lowest BCUT2D eigenvalue weighted by atomic mass is 9.75. The molecule has 8 nitrogen and oxygen atoms in total. The molecule has 1 unspecified atom stereocenters. The zero-order chi connectivity index (χ0) is 28.9. The van der Waals surface area contributed by atoms with Crippen molar-refractivity contribution in [3.8, 4) is 5.75 Å². The SMILES string of the molecule is COc1cc(C)c(S(=O)(=O)N2CCC(OCC(=O)NC3CCC(CCc4ccccc4)(N(C)C)CC3)C2)c(C)c1. The fourth-order valence-electron chi connectivity index (χ4n) is 6.32. The lowest BCUT2D eigenvalue weighted by molar-refractivity contribution is -0.128. The molecule has 2 aromatic carbocycles. The Bertz CT molecular complexity index is 1230. The lowest BCUT2D eigenvalue weighted by Crippen LogP contribution is -2.51. The first kappa shape index (κ1) is 30.5. The normalized spacial score (nSPS) is 23.9. The van der Waals surface area contributed by atoms with E-state index in [2.05, 4.69) is 54.6 Å². The summed E-state index contributed by atoms with van der Waals surface area (Å²) in [6.07, 6.45) is 6.38. The van der Waals surface area contributed by atoms with Crippen molar-refractivity contribution in [1.82, 2.24) is 14.5 Å². The summed E-state index contributed by atoms with van der Waals surface area (Å²) in [5, 5.41) is 3.16. The molecule has 1 aliphatic carbocycles. The summed E-state index contributed by atoms with van der Waals surface area (Å²) < 4.78 is 39.4. The summed E-state index contributed by atoms with van der Waals surface area (Å²) in [6, 6.07) is 14.2. The van der Waals surface area contributed by atoms with Crippen molar-refractivity contribution >= 4 is 15.9 Å². The average molecular weight is 572 g/mol. The minimum atomic E-state index is -3.67. The highest BCUT2D eigenvalue weighted by Crippen LogP contribution is 2.36. The third-order valence-electron chi connectivity index (χ3n) is 8.78. The van der Waals surface area contributed by atoms with E-state index in [0.29, 0.717) is 34.7 Å². The number of nitrogens with one attached hydrogen (secondary N) is 1. The minimum Gasteiger partial charge on any atom is -0.497 e. The van der Waals surface area contributed by atoms with E-state index in [9.17, 15) is 13.2 Å². The summed E-state index contributed by atoms with van der Waals surface area (Å²) in [4.78, 5) is 15.4. The average Bonchev–Trinajstić information content (AvgIpc) is 3.42. The van der Waals surface area contributed by atoms with Crippen LogP contribution >= 0.6 is 0 Å². The van der Waals surface area contributed by atoms with Gasteiger partial charge in [0.25, 0.3) is 0 Å². The molecular formula is C31H45N3O5S. The Labute approximate surface area is 240 Å². The molecule has 1 saturated carbocycles. The molecule has 40 heavy (non-hydrogen) atoms. The second-order valence-corrected chi connectivity index (χ2v) is 13.5. The van der Waals surface area contributed by atoms with Gasteiger partial charge in [-0.3, -0.25) is 4.79 Å². The van der Waals surface area contributed by atoms with Gasteiger partial charge < -0.3 is 19.7 Å². The Morgan fingerprint density at radius 2 is 1.73 bits per heavy atom. The Morgan fingerprint density at radius 3 is 2.33 bits per heavy atom. The first-order valence-electron chi connectivity index (χ1n) is 14.3. The van der Waals surface area contributed by atoms with E-state index < -0.39 is 10.0 Å². The number of hydrogen-bond donors (Lipinski definition) is 1. The van der Waals surface area contributed by atoms with Crippen LogP contribution in [0, 0.1) is 13.8 Å². The van der Waals surface area contributed by atoms with Gasteiger partial charge >= 0.3 is 0 Å². The molecule has 1 atom stereocenters. The number of hydrogen-bond acceptors (Lipinski definition) is 6. The second-order valence-electron chi connectivity index (χ2n) is 11.6. The Morgan fingerprint density at radius 1 is 1.07 bits per heavy atom. The number of rotatable bonds is 11. The minimum absolute atomic E-state index is 0.0531. The van der Waals surface area contributed by atoms with Crippen molar-refractivity contribution in [3.05, 3.63) is 59.2 Å². The van der Waals surface area contributed by atoms with Gasteiger partial charge in [-0.05, 0) is 102 Å². The topological polar surface area (TPSA) is 88.2 Å². The van der Waals surface area contributed by atoms with Gasteiger partial charge in [0.1, 0.15) is 12.4 Å². The maximum Gasteiger partial charge on any atom is 0.246 e. The van der Waals surface area contributed by atoms with Crippen LogP contribution in [0.1, 0.15) is 55.2 Å². The van der Waals surface area contributed by atoms with Gasteiger partial charge in [-0.2, -0.15) is 4.31 Å². The fraction of sp³-hybridized carbons (Fsp3) is 0.581. The van der Waals surface area contributed by atoms with Gasteiger partial charge in [0.2, 0.25) is 15.9 Å². The smallest absolute Gasteiger partial charge is 0.246 e. The lowest BCUT2D eigenvalue weighted by Gasteiger charge is -2.45. The molecule has 0 radical (unpaired) electrons. The quantitative estimate of drug-likeness (QED) is 0.437. The molecule has 2 aliphatic rings. The van der Waals surface area contributed by atoms with Crippen LogP contribution in [0.4, 0.5) is 0 Å². The maximum absolute atomic E-state index is 13.4. The van der Waals surface area contributed by atoms with E-state index in [1.807, 2.05) is 0 Å². The van der Waals surface area contributed by atoms with Crippen LogP contribution in [0.15, 0.2) is 47.4 Å². The third-order valence-corrected chi connectivity index (χ3v) is 10.9. The van der Waals surface area contributed by atoms with Crippen LogP contribution in [0.25, 0.3) is 0 Å². The number of aryl methyl sites for hydroxylation is 3. The molecule has 1 amide bonds. The Balaban J connectivity index is 1.24. The van der Waals surface area contributed by atoms with Gasteiger partial charge in [0.05, 0.1) is 18.1 Å². The summed E-state index contributed by atoms with van der Waals surface area (Å²) in [5.74, 6) is 0.509. The van der Waals surface area contributed by atoms with Gasteiger partial charge in [-0.15, -0.1) is 0 Å². The summed E-state index contributed by atoms with van der Waals surface area (Å²) in [7, 11) is 2.24. The predicted octanol–water partition coefficient (Wildman–Crippen LogP) is 4.08. The standard InChI is InChI=1S/C31H45N3O5S/c1-23-19-28(38-5)20-24(2)30(23)40(36,37)34-18-14-27(21-34)39-22-29(35)32-26-12-16-31(17-13-26,33(3)4)15-11-25-9-7-6-8-10-25/h6-10,19-20,26-27H,11-18,21-22H2,1-5H3,(H,32,35). The molecule has 0 bridgehead atoms. The van der Waals surface area contributed by atoms with Crippen LogP contribution in [0.5, 0.6) is 5.75 Å². The molecule has 1 heterocycles. The molecule has 4 rings (SSSR count). The molecule has 2 aromatic rings. The van der Waals surface area contributed by atoms with Crippen molar-refractivity contribution in [3.63, 3.8) is 0 Å². The number of sulfonamides is 1. The molecule has 0 aromatic heterocycles. The Kier molecular flexibility index (Phi) is 9.93. The Hall–Kier alpha value is -2.46. The number of carbonyl (C=O) groups excluding carboxylic acids is 1. The second kappa shape index (κ2) is 13.0. The number of methoxy groups -OCH3 is 1. The zero-order valence-electron chi connectivity index (χ0n) is 24.6. The number of benzene rings is 2. The van der Waals surface area contributed by atoms with Crippen LogP contribution in [-0.2, 0) is 26.0 Å². The molecule has 1 aliphatic heterocycles. The maximum atomic E-state index is 13.4. The van der Waals surface area contributed by atoms with Crippen molar-refractivity contribution in [2.75, 3.05) is 40.9 Å². The van der Waals surface area contributed by atoms with E-state index in [1.54, 1.807) is 33.1 Å². The van der Waals surface area contributed by atoms with Crippen LogP contribution in [-0.4, -0.2) is 82.1 Å². The molecule has 1 N–H and O–H groups in total. The van der Waals surface area contributed by atoms with Crippen LogP contribution < -0.4 is 10.1 Å². The van der Waals surface area contributed by atoms with Crippen LogP contribution in [0.3, 0.4) is 0 Å². The first-order valence-corrected chi connectivity index (χ1v) is 15.8. The van der Waals surface area contributed by atoms with Gasteiger partial charge in [-0.25, -0.2) is 8.42 Å². The summed E-state index contributed by atoms with van der Waals surface area (Å²) in [5.41, 5.74) is 2.83. The van der Waals surface area contributed by atoms with Crippen molar-refractivity contribution < 1.29 is 22.7 Å². The molecular weight excluding hydrogens is 526 g/mol. The fourth-order valence-corrected chi connectivity index (χ4v) is 8.22. The summed E-state index contributed by atoms with van der Waals surface area (Å²) >= 11 is 0. The molecule has 1 saturated heterocycles. The predicted molar refractivity (Wildman–Crippen MR) is 157 cm³/mol. The highest BCUT2D eigenvalue weighted by Gasteiger charge is 2.38. The summed E-state index contributed by atoms with van der Waals surface area (Å²) in [6.45, 7) is 4.14. The van der Waals surface area contributed by atoms with E-state index in [0.717, 1.165) is 38.5 Å². The van der Waals surface area contributed by atoms with Crippen molar-refractivity contribution in [1.29, 1.82) is 0 Å². The van der Waals surface area contributed by atoms with Crippen LogP contribution in [0.2, 0.25) is 0 Å². The van der Waals surface area contributed by atoms with E-state index >= 15 is 0 Å². The van der Waals surface area contributed by atoms with Gasteiger partial charge in [-0.1, -0.05) is 30.3 Å². The van der Waals surface area contributed by atoms with Gasteiger partial charge in [0, 0.05) is 24.7 Å². The highest BCUT2D eigenvalue weighted by molar-refractivity contribution is 7.89. The first-order chi connectivity index (χ1) is 19.0. The van der Waals surface area contributed by atoms with Gasteiger partial charge in [0.15, 0.2) is 0 Å². The number of nitrogens with zero attached hydrogens (tertiary/aromatic N) is 2. The number of amides is 1.